The topological polar surface area (TPSA) is 123 Å². The summed E-state index contributed by atoms with van der Waals surface area (Å²) in [5.41, 5.74) is 0.613. The van der Waals surface area contributed by atoms with Gasteiger partial charge in [0.05, 0.1) is 0 Å². The van der Waals surface area contributed by atoms with Crippen molar-refractivity contribution in [3.8, 4) is 0 Å². The van der Waals surface area contributed by atoms with Gasteiger partial charge < -0.3 is 23.8 Å². The van der Waals surface area contributed by atoms with Crippen molar-refractivity contribution in [2.45, 2.75) is 265 Å². The lowest BCUT2D eigenvalue weighted by molar-refractivity contribution is -0.150. The molecule has 364 valence electrons. The van der Waals surface area contributed by atoms with E-state index in [0.29, 0.717) is 30.7 Å². The molecule has 1 rings (SSSR count). The summed E-state index contributed by atoms with van der Waals surface area (Å²) in [7, 11) is 3.78. The van der Waals surface area contributed by atoms with Crippen molar-refractivity contribution in [3.63, 3.8) is 0 Å². The maximum atomic E-state index is 12.9. The lowest BCUT2D eigenvalue weighted by Crippen LogP contribution is -2.28. The van der Waals surface area contributed by atoms with E-state index in [2.05, 4.69) is 41.3 Å². The number of carbonyl (C=O) groups is 2. The molecule has 0 saturated heterocycles. The van der Waals surface area contributed by atoms with Gasteiger partial charge in [-0.2, -0.15) is 0 Å². The fourth-order valence-electron chi connectivity index (χ4n) is 8.32. The summed E-state index contributed by atoms with van der Waals surface area (Å²) in [5.74, 6) is 0.626. The van der Waals surface area contributed by atoms with Crippen molar-refractivity contribution in [3.05, 3.63) is 5.49 Å². The van der Waals surface area contributed by atoms with Crippen LogP contribution in [0.5, 0.6) is 0 Å². The summed E-state index contributed by atoms with van der Waals surface area (Å²) in [4.78, 5) is 34.6. The lowest BCUT2D eigenvalue weighted by atomic mass is 10.0. The summed E-state index contributed by atoms with van der Waals surface area (Å²) in [6.45, 7) is 12.7. The van der Waals surface area contributed by atoms with Crippen LogP contribution in [0, 0.1) is 0 Å². The molecule has 1 aromatic heterocycles. The van der Waals surface area contributed by atoms with Crippen LogP contribution in [-0.2, 0) is 19.1 Å². The second-order valence-corrected chi connectivity index (χ2v) is 19.3. The van der Waals surface area contributed by atoms with Crippen molar-refractivity contribution >= 4 is 28.9 Å². The number of esters is 2. The van der Waals surface area contributed by atoms with Gasteiger partial charge in [-0.25, -0.2) is 0 Å². The molecule has 2 unspecified atom stereocenters. The van der Waals surface area contributed by atoms with Crippen LogP contribution in [0.3, 0.4) is 0 Å². The number of unbranched alkanes of at least 4 members (excludes halogenated alkanes) is 23. The first-order chi connectivity index (χ1) is 30.2. The highest BCUT2D eigenvalue weighted by molar-refractivity contribution is 7.13. The quantitative estimate of drug-likeness (QED) is 0.0390. The van der Waals surface area contributed by atoms with E-state index in [0.717, 1.165) is 116 Å². The van der Waals surface area contributed by atoms with Gasteiger partial charge in [-0.3, -0.25) is 14.6 Å². The molecule has 0 radical (unpaired) electrons. The third kappa shape index (κ3) is 33.5. The predicted molar refractivity (Wildman–Crippen MR) is 262 cm³/mol. The van der Waals surface area contributed by atoms with E-state index in [-0.39, 0.29) is 24.1 Å². The van der Waals surface area contributed by atoms with Gasteiger partial charge in [-0.1, -0.05) is 163 Å². The molecule has 0 amide bonds. The molecule has 0 aliphatic carbocycles. The summed E-state index contributed by atoms with van der Waals surface area (Å²) in [5, 5.41) is 0. The number of H-pyrrole nitrogens is 1. The maximum Gasteiger partial charge on any atom is 0.306 e. The fourth-order valence-corrected chi connectivity index (χ4v) is 9.09. The molecule has 1 N–H and O–H groups in total. The Labute approximate surface area is 385 Å². The van der Waals surface area contributed by atoms with E-state index in [1.54, 1.807) is 0 Å². The minimum atomic E-state index is -1.45. The Morgan fingerprint density at radius 2 is 0.952 bits per heavy atom. The van der Waals surface area contributed by atoms with Crippen LogP contribution < -0.4 is 10.4 Å². The molecule has 0 fully saturated rings. The average molecular weight is 894 g/mol. The van der Waals surface area contributed by atoms with E-state index in [1.165, 1.54) is 116 Å². The summed E-state index contributed by atoms with van der Waals surface area (Å²) in [6, 6.07) is 0. The normalized spacial score (nSPS) is 12.8. The molecule has 0 saturated carbocycles. The van der Waals surface area contributed by atoms with E-state index < -0.39 is 11.1 Å². The summed E-state index contributed by atoms with van der Waals surface area (Å²) < 4.78 is 30.9. The van der Waals surface area contributed by atoms with Crippen LogP contribution in [0.4, 0.5) is 5.82 Å². The van der Waals surface area contributed by atoms with Crippen LogP contribution >= 0.6 is 11.1 Å². The number of anilines is 1. The molecule has 11 heteroatoms. The molecule has 0 aromatic carbocycles. The first-order valence-corrected chi connectivity index (χ1v) is 27.4. The second-order valence-electron chi connectivity index (χ2n) is 18.4. The van der Waals surface area contributed by atoms with Crippen molar-refractivity contribution in [2.75, 3.05) is 45.2 Å². The minimum Gasteiger partial charge on any atom is -0.548 e. The van der Waals surface area contributed by atoms with Gasteiger partial charge in [-0.05, 0) is 96.7 Å². The molecule has 1 aromatic rings. The SMILES string of the molecule is CCCCCCCCC(CC)OC(=O)CCCCCCCN(CCCCCCCC(=O)OC(CCCCCCCC)CCCCCCCC)CCCN=c1[nH][s+]([O-])nc1N(C)C. The first-order valence-electron chi connectivity index (χ1n) is 26.3. The van der Waals surface area contributed by atoms with Gasteiger partial charge in [0.1, 0.15) is 12.2 Å². The monoisotopic (exact) mass is 894 g/mol. The Kier molecular flexibility index (Phi) is 39.0. The fraction of sp³-hybridized carbons (Fsp3) is 0.922. The number of aromatic amines is 1. The highest BCUT2D eigenvalue weighted by atomic mass is 32.2. The van der Waals surface area contributed by atoms with E-state index in [1.807, 2.05) is 19.0 Å². The van der Waals surface area contributed by atoms with E-state index in [4.69, 9.17) is 14.5 Å². The largest absolute Gasteiger partial charge is 0.548 e. The van der Waals surface area contributed by atoms with Crippen molar-refractivity contribution in [1.29, 1.82) is 0 Å². The van der Waals surface area contributed by atoms with Crippen LogP contribution in [0.2, 0.25) is 0 Å². The van der Waals surface area contributed by atoms with Crippen LogP contribution in [0.15, 0.2) is 4.99 Å². The van der Waals surface area contributed by atoms with E-state index in [9.17, 15) is 14.1 Å². The Hall–Kier alpha value is -1.98. The van der Waals surface area contributed by atoms with Crippen molar-refractivity contribution < 1.29 is 23.6 Å². The number of aromatic nitrogens is 2. The highest BCUT2D eigenvalue weighted by Crippen LogP contribution is 2.19. The third-order valence-corrected chi connectivity index (χ3v) is 13.0. The maximum absolute atomic E-state index is 12.9. The molecule has 0 bridgehead atoms. The van der Waals surface area contributed by atoms with Gasteiger partial charge in [0.2, 0.25) is 11.3 Å². The molecule has 0 spiro atoms. The third-order valence-electron chi connectivity index (χ3n) is 12.3. The lowest BCUT2D eigenvalue weighted by Gasteiger charge is -2.22. The average Bonchev–Trinajstić information content (AvgIpc) is 3.64. The van der Waals surface area contributed by atoms with Gasteiger partial charge in [0.15, 0.2) is 11.1 Å². The summed E-state index contributed by atoms with van der Waals surface area (Å²) in [6.07, 6.45) is 39.9. The highest BCUT2D eigenvalue weighted by Gasteiger charge is 2.16. The number of nitrogens with zero attached hydrogens (tertiary/aromatic N) is 4. The molecule has 10 nitrogen and oxygen atoms in total. The van der Waals surface area contributed by atoms with Crippen LogP contribution in [0.1, 0.15) is 252 Å². The first kappa shape index (κ1) is 58.0. The van der Waals surface area contributed by atoms with Crippen molar-refractivity contribution in [1.82, 2.24) is 13.6 Å². The Morgan fingerprint density at radius 1 is 0.565 bits per heavy atom. The Balaban J connectivity index is 2.46. The number of carbonyl (C=O) groups excluding carboxylic acids is 2. The number of ether oxygens (including phenoxy) is 2. The van der Waals surface area contributed by atoms with Gasteiger partial charge >= 0.3 is 11.9 Å². The molecule has 62 heavy (non-hydrogen) atoms. The zero-order chi connectivity index (χ0) is 45.3. The molecule has 1 heterocycles. The van der Waals surface area contributed by atoms with Crippen LogP contribution in [0.25, 0.3) is 0 Å². The molecular formula is C51H99N5O5S. The molecule has 0 aliphatic heterocycles. The Morgan fingerprint density at radius 3 is 1.40 bits per heavy atom. The number of hydrogen-bond donors (Lipinski definition) is 1. The zero-order valence-corrected chi connectivity index (χ0v) is 42.3. The number of nitrogens with one attached hydrogen (secondary N) is 1. The van der Waals surface area contributed by atoms with E-state index >= 15 is 0 Å². The number of hydrogen-bond acceptors (Lipinski definition) is 9. The number of rotatable bonds is 45. The van der Waals surface area contributed by atoms with Gasteiger partial charge in [0.25, 0.3) is 0 Å². The van der Waals surface area contributed by atoms with Crippen molar-refractivity contribution in [2.24, 2.45) is 4.99 Å². The standard InChI is InChI=1S/C51H99N5O5S/c1-7-11-14-17-22-29-37-46(10-4)60-48(57)40-32-25-20-27-34-43-56(45-36-42-52-50-51(55(5)6)54-62(59)53-50)44-35-28-21-26-33-41-49(58)61-47(38-30-23-18-15-12-8-2)39-31-24-19-16-13-9-3/h46-47H,7-45H2,1-6H3,(H,52,53). The molecule has 2 atom stereocenters. The predicted octanol–water partition coefficient (Wildman–Crippen LogP) is 14.0. The Bertz CT molecular complexity index is 1220. The van der Waals surface area contributed by atoms with Crippen LogP contribution in [-0.4, -0.2) is 82.6 Å². The minimum absolute atomic E-state index is 0.00797. The second kappa shape index (κ2) is 41.7. The smallest absolute Gasteiger partial charge is 0.306 e. The summed E-state index contributed by atoms with van der Waals surface area (Å²) >= 11 is -1.45. The van der Waals surface area contributed by atoms with Gasteiger partial charge in [0, 0.05) is 37.9 Å². The zero-order valence-electron chi connectivity index (χ0n) is 41.5. The molecular weight excluding hydrogens is 795 g/mol. The van der Waals surface area contributed by atoms with Gasteiger partial charge in [-0.15, -0.1) is 4.37 Å². The molecule has 0 aliphatic rings.